The third kappa shape index (κ3) is 2.89. The molecule has 2 aliphatic rings. The Balaban J connectivity index is 1.72. The first-order chi connectivity index (χ1) is 8.74. The summed E-state index contributed by atoms with van der Waals surface area (Å²) in [5, 5.41) is 3.43. The molecule has 0 radical (unpaired) electrons. The number of nitrogens with zero attached hydrogens (tertiary/aromatic N) is 2. The van der Waals surface area contributed by atoms with Crippen molar-refractivity contribution in [2.75, 3.05) is 0 Å². The van der Waals surface area contributed by atoms with Crippen molar-refractivity contribution in [3.8, 4) is 0 Å². The molecular formula is C15H23N3. The van der Waals surface area contributed by atoms with Gasteiger partial charge in [-0.15, -0.1) is 0 Å². The van der Waals surface area contributed by atoms with Crippen LogP contribution in [0.15, 0.2) is 12.3 Å². The highest BCUT2D eigenvalue weighted by atomic mass is 15.0. The molecule has 0 spiro atoms. The topological polar surface area (TPSA) is 37.8 Å². The number of nitrogens with one attached hydrogen (secondary N) is 1. The smallest absolute Gasteiger partial charge is 0.132 e. The number of hydrogen-bond acceptors (Lipinski definition) is 3. The highest BCUT2D eigenvalue weighted by Gasteiger charge is 2.43. The predicted octanol–water partition coefficient (Wildman–Crippen LogP) is 2.88. The SMILES string of the molecule is CC(C)NCc1ccnc(C(C2CC2)C2CC2)n1. The Morgan fingerprint density at radius 2 is 1.89 bits per heavy atom. The van der Waals surface area contributed by atoms with Crippen molar-refractivity contribution in [1.82, 2.24) is 15.3 Å². The third-order valence-electron chi connectivity index (χ3n) is 3.98. The molecule has 18 heavy (non-hydrogen) atoms. The minimum absolute atomic E-state index is 0.506. The van der Waals surface area contributed by atoms with Crippen LogP contribution in [0.25, 0.3) is 0 Å². The van der Waals surface area contributed by atoms with E-state index in [0.29, 0.717) is 12.0 Å². The molecule has 0 saturated heterocycles. The summed E-state index contributed by atoms with van der Waals surface area (Å²) in [5.41, 5.74) is 1.14. The second kappa shape index (κ2) is 4.96. The van der Waals surface area contributed by atoms with E-state index < -0.39 is 0 Å². The van der Waals surface area contributed by atoms with Crippen LogP contribution in [0.3, 0.4) is 0 Å². The summed E-state index contributed by atoms with van der Waals surface area (Å²) < 4.78 is 0. The van der Waals surface area contributed by atoms with E-state index >= 15 is 0 Å². The molecule has 2 aliphatic carbocycles. The van der Waals surface area contributed by atoms with Crippen LogP contribution < -0.4 is 5.32 Å². The number of hydrogen-bond donors (Lipinski definition) is 1. The van der Waals surface area contributed by atoms with E-state index in [1.54, 1.807) is 0 Å². The van der Waals surface area contributed by atoms with Crippen LogP contribution in [0.1, 0.15) is 57.0 Å². The predicted molar refractivity (Wildman–Crippen MR) is 72.2 cm³/mol. The monoisotopic (exact) mass is 245 g/mol. The first-order valence-corrected chi connectivity index (χ1v) is 7.29. The second-order valence-electron chi connectivity index (χ2n) is 6.14. The van der Waals surface area contributed by atoms with Crippen LogP contribution in [-0.2, 0) is 6.54 Å². The zero-order chi connectivity index (χ0) is 12.5. The molecule has 0 bridgehead atoms. The lowest BCUT2D eigenvalue weighted by Crippen LogP contribution is -2.23. The van der Waals surface area contributed by atoms with Gasteiger partial charge in [-0.05, 0) is 43.6 Å². The maximum Gasteiger partial charge on any atom is 0.132 e. The van der Waals surface area contributed by atoms with Gasteiger partial charge >= 0.3 is 0 Å². The van der Waals surface area contributed by atoms with Crippen molar-refractivity contribution in [1.29, 1.82) is 0 Å². The first-order valence-electron chi connectivity index (χ1n) is 7.29. The van der Waals surface area contributed by atoms with E-state index in [-0.39, 0.29) is 0 Å². The Morgan fingerprint density at radius 3 is 2.44 bits per heavy atom. The maximum absolute atomic E-state index is 4.79. The van der Waals surface area contributed by atoms with Gasteiger partial charge in [0.1, 0.15) is 5.82 Å². The third-order valence-corrected chi connectivity index (χ3v) is 3.98. The summed E-state index contributed by atoms with van der Waals surface area (Å²) in [5.74, 6) is 3.53. The Hall–Kier alpha value is -0.960. The summed E-state index contributed by atoms with van der Waals surface area (Å²) in [6.07, 6.45) is 7.49. The standard InChI is InChI=1S/C15H23N3/c1-10(2)17-9-13-7-8-16-15(18-13)14(11-3-4-11)12-5-6-12/h7-8,10-12,14,17H,3-6,9H2,1-2H3. The highest BCUT2D eigenvalue weighted by Crippen LogP contribution is 2.53. The number of rotatable bonds is 6. The molecular weight excluding hydrogens is 222 g/mol. The van der Waals surface area contributed by atoms with Gasteiger partial charge in [0, 0.05) is 24.7 Å². The number of aromatic nitrogens is 2. The molecule has 3 nitrogen and oxygen atoms in total. The largest absolute Gasteiger partial charge is 0.309 e. The molecule has 0 aliphatic heterocycles. The van der Waals surface area contributed by atoms with Gasteiger partial charge in [-0.25, -0.2) is 9.97 Å². The molecule has 1 N–H and O–H groups in total. The molecule has 2 saturated carbocycles. The van der Waals surface area contributed by atoms with Gasteiger partial charge in [0.2, 0.25) is 0 Å². The van der Waals surface area contributed by atoms with E-state index in [0.717, 1.165) is 29.9 Å². The summed E-state index contributed by atoms with van der Waals surface area (Å²) in [7, 11) is 0. The molecule has 2 fully saturated rings. The molecule has 3 heteroatoms. The van der Waals surface area contributed by atoms with Gasteiger partial charge in [0.25, 0.3) is 0 Å². The van der Waals surface area contributed by atoms with Crippen LogP contribution in [0, 0.1) is 11.8 Å². The average molecular weight is 245 g/mol. The fourth-order valence-corrected chi connectivity index (χ4v) is 2.70. The van der Waals surface area contributed by atoms with Crippen molar-refractivity contribution in [3.63, 3.8) is 0 Å². The van der Waals surface area contributed by atoms with Crippen LogP contribution in [0.5, 0.6) is 0 Å². The second-order valence-corrected chi connectivity index (χ2v) is 6.14. The van der Waals surface area contributed by atoms with Crippen molar-refractivity contribution in [2.45, 2.75) is 58.0 Å². The van der Waals surface area contributed by atoms with Gasteiger partial charge in [0.15, 0.2) is 0 Å². The van der Waals surface area contributed by atoms with Gasteiger partial charge in [-0.3, -0.25) is 0 Å². The van der Waals surface area contributed by atoms with E-state index in [1.807, 2.05) is 12.3 Å². The molecule has 0 unspecified atom stereocenters. The van der Waals surface area contributed by atoms with Crippen LogP contribution in [-0.4, -0.2) is 16.0 Å². The van der Waals surface area contributed by atoms with Crippen molar-refractivity contribution < 1.29 is 0 Å². The molecule has 0 aromatic carbocycles. The normalized spacial score (nSPS) is 19.8. The lowest BCUT2D eigenvalue weighted by molar-refractivity contribution is 0.502. The summed E-state index contributed by atoms with van der Waals surface area (Å²) >= 11 is 0. The summed E-state index contributed by atoms with van der Waals surface area (Å²) in [6, 6.07) is 2.54. The molecule has 3 rings (SSSR count). The highest BCUT2D eigenvalue weighted by molar-refractivity contribution is 5.12. The summed E-state index contributed by atoms with van der Waals surface area (Å²) in [6.45, 7) is 5.19. The van der Waals surface area contributed by atoms with Crippen molar-refractivity contribution in [2.24, 2.45) is 11.8 Å². The Bertz CT molecular complexity index is 396. The lowest BCUT2D eigenvalue weighted by atomic mass is 9.97. The van der Waals surface area contributed by atoms with Crippen molar-refractivity contribution >= 4 is 0 Å². The van der Waals surface area contributed by atoms with E-state index in [9.17, 15) is 0 Å². The quantitative estimate of drug-likeness (QED) is 0.837. The zero-order valence-electron chi connectivity index (χ0n) is 11.4. The molecule has 0 amide bonds. The first kappa shape index (κ1) is 12.1. The van der Waals surface area contributed by atoms with Gasteiger partial charge in [-0.1, -0.05) is 13.8 Å². The minimum atomic E-state index is 0.506. The Kier molecular flexibility index (Phi) is 3.33. The minimum Gasteiger partial charge on any atom is -0.309 e. The van der Waals surface area contributed by atoms with E-state index in [1.165, 1.54) is 25.7 Å². The van der Waals surface area contributed by atoms with Crippen molar-refractivity contribution in [3.05, 3.63) is 23.8 Å². The van der Waals surface area contributed by atoms with Crippen LogP contribution in [0.4, 0.5) is 0 Å². The molecule has 1 heterocycles. The van der Waals surface area contributed by atoms with E-state index in [4.69, 9.17) is 4.98 Å². The fourth-order valence-electron chi connectivity index (χ4n) is 2.70. The molecule has 0 atom stereocenters. The summed E-state index contributed by atoms with van der Waals surface area (Å²) in [4.78, 5) is 9.34. The van der Waals surface area contributed by atoms with Crippen LogP contribution in [0.2, 0.25) is 0 Å². The van der Waals surface area contributed by atoms with Gasteiger partial charge < -0.3 is 5.32 Å². The van der Waals surface area contributed by atoms with Gasteiger partial charge in [-0.2, -0.15) is 0 Å². The average Bonchev–Trinajstić information content (AvgIpc) is 3.21. The zero-order valence-corrected chi connectivity index (χ0v) is 11.4. The lowest BCUT2D eigenvalue weighted by Gasteiger charge is -2.15. The fraction of sp³-hybridized carbons (Fsp3) is 0.733. The molecule has 1 aromatic heterocycles. The maximum atomic E-state index is 4.79. The Morgan fingerprint density at radius 1 is 1.22 bits per heavy atom. The van der Waals surface area contributed by atoms with Gasteiger partial charge in [0.05, 0.1) is 5.69 Å². The van der Waals surface area contributed by atoms with E-state index in [2.05, 4.69) is 24.1 Å². The van der Waals surface area contributed by atoms with Crippen LogP contribution >= 0.6 is 0 Å². The molecule has 98 valence electrons. The Labute approximate surface area is 109 Å². The molecule has 1 aromatic rings.